The number of carbonyl (C=O) groups is 2. The fraction of sp³-hybridized carbons (Fsp3) is 0.786. The van der Waals surface area contributed by atoms with Crippen LogP contribution < -0.4 is 0 Å². The first-order valence-electron chi connectivity index (χ1n) is 12.7. The fourth-order valence-corrected chi connectivity index (χ4v) is 8.52. The van der Waals surface area contributed by atoms with Gasteiger partial charge in [0.25, 0.3) is 0 Å². The van der Waals surface area contributed by atoms with Gasteiger partial charge in [0, 0.05) is 35.2 Å². The van der Waals surface area contributed by atoms with Crippen molar-refractivity contribution in [2.45, 2.75) is 97.7 Å². The number of rotatable bonds is 4. The zero-order valence-corrected chi connectivity index (χ0v) is 20.3. The summed E-state index contributed by atoms with van der Waals surface area (Å²) in [6, 6.07) is 0. The van der Waals surface area contributed by atoms with Crippen molar-refractivity contribution in [1.29, 1.82) is 0 Å². The van der Waals surface area contributed by atoms with Gasteiger partial charge in [0.2, 0.25) is 0 Å². The molecule has 1 aliphatic heterocycles. The molecule has 0 N–H and O–H groups in total. The zero-order chi connectivity index (χ0) is 22.4. The zero-order valence-electron chi connectivity index (χ0n) is 20.3. The van der Waals surface area contributed by atoms with E-state index in [4.69, 9.17) is 4.74 Å². The lowest BCUT2D eigenvalue weighted by molar-refractivity contribution is -0.127. The van der Waals surface area contributed by atoms with Gasteiger partial charge in [-0.2, -0.15) is 0 Å². The highest BCUT2D eigenvalue weighted by Crippen LogP contribution is 2.80. The highest BCUT2D eigenvalue weighted by molar-refractivity contribution is 6.06. The molecule has 0 aromatic carbocycles. The molecule has 170 valence electrons. The molecule has 4 aliphatic carbocycles. The van der Waals surface area contributed by atoms with Crippen molar-refractivity contribution in [3.8, 4) is 0 Å². The summed E-state index contributed by atoms with van der Waals surface area (Å²) in [5.41, 5.74) is 0.334. The Hall–Kier alpha value is -1.22. The van der Waals surface area contributed by atoms with Crippen molar-refractivity contribution in [3.63, 3.8) is 0 Å². The van der Waals surface area contributed by atoms with Crippen molar-refractivity contribution >= 4 is 11.6 Å². The maximum atomic E-state index is 13.3. The van der Waals surface area contributed by atoms with Gasteiger partial charge < -0.3 is 4.74 Å². The van der Waals surface area contributed by atoms with Crippen LogP contribution in [0.15, 0.2) is 23.8 Å². The number of fused-ring (bicyclic) bond motifs is 2. The molecule has 8 atom stereocenters. The van der Waals surface area contributed by atoms with E-state index in [1.54, 1.807) is 6.08 Å². The average Bonchev–Trinajstić information content (AvgIpc) is 3.26. The minimum atomic E-state index is -0.285. The molecule has 3 heteroatoms. The van der Waals surface area contributed by atoms with Gasteiger partial charge in [0.1, 0.15) is 11.2 Å². The number of epoxide rings is 1. The second-order valence-corrected chi connectivity index (χ2v) is 12.4. The van der Waals surface area contributed by atoms with E-state index < -0.39 is 0 Å². The number of hydrogen-bond acceptors (Lipinski definition) is 3. The molecule has 2 spiro atoms. The normalized spacial score (nSPS) is 48.0. The van der Waals surface area contributed by atoms with E-state index >= 15 is 0 Å². The van der Waals surface area contributed by atoms with Gasteiger partial charge in [-0.25, -0.2) is 0 Å². The van der Waals surface area contributed by atoms with Crippen molar-refractivity contribution in [1.82, 2.24) is 0 Å². The second-order valence-electron chi connectivity index (χ2n) is 12.4. The number of allylic oxidation sites excluding steroid dienone is 3. The van der Waals surface area contributed by atoms with E-state index in [-0.39, 0.29) is 33.6 Å². The number of ether oxygens (including phenoxy) is 1. The predicted octanol–water partition coefficient (Wildman–Crippen LogP) is 6.07. The molecule has 0 radical (unpaired) electrons. The lowest BCUT2D eigenvalue weighted by Crippen LogP contribution is -2.58. The molecule has 31 heavy (non-hydrogen) atoms. The summed E-state index contributed by atoms with van der Waals surface area (Å²) < 4.78 is 6.88. The molecular weight excluding hydrogens is 384 g/mol. The summed E-state index contributed by atoms with van der Waals surface area (Å²) in [5, 5.41) is 0. The number of carbonyl (C=O) groups excluding carboxylic acids is 2. The van der Waals surface area contributed by atoms with Crippen LogP contribution in [-0.4, -0.2) is 22.8 Å². The van der Waals surface area contributed by atoms with Gasteiger partial charge >= 0.3 is 0 Å². The van der Waals surface area contributed by atoms with Crippen LogP contribution in [0.1, 0.15) is 86.5 Å². The minimum Gasteiger partial charge on any atom is -0.361 e. The Morgan fingerprint density at radius 3 is 2.48 bits per heavy atom. The van der Waals surface area contributed by atoms with Crippen LogP contribution in [-0.2, 0) is 14.3 Å². The minimum absolute atomic E-state index is 0.126. The summed E-state index contributed by atoms with van der Waals surface area (Å²) in [6.07, 6.45) is 13.0. The summed E-state index contributed by atoms with van der Waals surface area (Å²) in [5.74, 6) is 3.07. The molecule has 0 bridgehead atoms. The molecule has 5 rings (SSSR count). The lowest BCUT2D eigenvalue weighted by atomic mass is 9.46. The van der Waals surface area contributed by atoms with Gasteiger partial charge in [-0.1, -0.05) is 53.7 Å². The lowest BCUT2D eigenvalue weighted by Gasteiger charge is -2.54. The van der Waals surface area contributed by atoms with Crippen LogP contribution in [0, 0.1) is 40.4 Å². The smallest absolute Gasteiger partial charge is 0.162 e. The van der Waals surface area contributed by atoms with Crippen LogP contribution >= 0.6 is 0 Å². The summed E-state index contributed by atoms with van der Waals surface area (Å²) >= 11 is 0. The Labute approximate surface area is 188 Å². The molecule has 0 amide bonds. The average molecular weight is 425 g/mol. The first-order chi connectivity index (χ1) is 14.5. The van der Waals surface area contributed by atoms with Crippen molar-refractivity contribution in [3.05, 3.63) is 23.8 Å². The maximum Gasteiger partial charge on any atom is 0.162 e. The molecule has 5 aliphatic rings. The van der Waals surface area contributed by atoms with E-state index in [1.807, 2.05) is 0 Å². The molecule has 3 nitrogen and oxygen atoms in total. The van der Waals surface area contributed by atoms with Crippen LogP contribution in [0.3, 0.4) is 0 Å². The Morgan fingerprint density at radius 2 is 1.77 bits per heavy atom. The van der Waals surface area contributed by atoms with E-state index in [2.05, 4.69) is 53.7 Å². The third kappa shape index (κ3) is 2.62. The van der Waals surface area contributed by atoms with Crippen LogP contribution in [0.5, 0.6) is 0 Å². The largest absolute Gasteiger partial charge is 0.361 e. The van der Waals surface area contributed by atoms with Crippen LogP contribution in [0.25, 0.3) is 0 Å². The van der Waals surface area contributed by atoms with Crippen molar-refractivity contribution in [2.24, 2.45) is 40.4 Å². The summed E-state index contributed by atoms with van der Waals surface area (Å²) in [6.45, 7) is 14.0. The Bertz CT molecular complexity index is 883. The molecule has 8 unspecified atom stereocenters. The highest BCUT2D eigenvalue weighted by Gasteiger charge is 2.86. The summed E-state index contributed by atoms with van der Waals surface area (Å²) in [4.78, 5) is 25.4. The topological polar surface area (TPSA) is 46.7 Å². The standard InChI is InChI=1S/C28H40O3/c1-17(2)18(3)7-8-19(4)21-10-14-28-26(21,6)13-11-24-25(5)12-9-20(29)15-22(25)23(30)16-27(24,28)31-28/h7-8,15,17-19,21,24H,9-14,16H2,1-6H3/b8-7-. The van der Waals surface area contributed by atoms with Crippen molar-refractivity contribution < 1.29 is 14.3 Å². The maximum absolute atomic E-state index is 13.3. The Balaban J connectivity index is 1.46. The van der Waals surface area contributed by atoms with Crippen molar-refractivity contribution in [2.75, 3.05) is 0 Å². The van der Waals surface area contributed by atoms with E-state index in [1.165, 1.54) is 12.8 Å². The molecule has 1 heterocycles. The monoisotopic (exact) mass is 424 g/mol. The fourth-order valence-electron chi connectivity index (χ4n) is 8.52. The highest BCUT2D eigenvalue weighted by atomic mass is 16.6. The molecule has 4 fully saturated rings. The van der Waals surface area contributed by atoms with Gasteiger partial charge in [0.15, 0.2) is 11.6 Å². The van der Waals surface area contributed by atoms with Crippen LogP contribution in [0.2, 0.25) is 0 Å². The molecule has 0 aromatic heterocycles. The van der Waals surface area contributed by atoms with Gasteiger partial charge in [-0.3, -0.25) is 9.59 Å². The van der Waals surface area contributed by atoms with E-state index in [0.29, 0.717) is 42.4 Å². The summed E-state index contributed by atoms with van der Waals surface area (Å²) in [7, 11) is 0. The molecule has 0 aromatic rings. The first kappa shape index (κ1) is 21.6. The van der Waals surface area contributed by atoms with Crippen LogP contribution in [0.4, 0.5) is 0 Å². The first-order valence-corrected chi connectivity index (χ1v) is 12.7. The number of hydrogen-bond donors (Lipinski definition) is 0. The Kier molecular flexibility index (Phi) is 4.64. The third-order valence-electron chi connectivity index (χ3n) is 10.8. The van der Waals surface area contributed by atoms with E-state index in [0.717, 1.165) is 24.8 Å². The number of ketones is 2. The molecule has 3 saturated carbocycles. The Morgan fingerprint density at radius 1 is 1.03 bits per heavy atom. The van der Waals surface area contributed by atoms with Gasteiger partial charge in [-0.15, -0.1) is 0 Å². The second kappa shape index (κ2) is 6.65. The third-order valence-corrected chi connectivity index (χ3v) is 10.8. The van der Waals surface area contributed by atoms with Gasteiger partial charge in [0.05, 0.1) is 0 Å². The molecular formula is C28H40O3. The predicted molar refractivity (Wildman–Crippen MR) is 122 cm³/mol. The molecule has 1 saturated heterocycles. The quantitative estimate of drug-likeness (QED) is 0.406. The number of Topliss-reactive ketones (excluding diaryl/α,β-unsaturated/α-hetero) is 1. The van der Waals surface area contributed by atoms with E-state index in [9.17, 15) is 9.59 Å². The van der Waals surface area contributed by atoms with Gasteiger partial charge in [-0.05, 0) is 61.9 Å². The SMILES string of the molecule is CC(C)C(C)/C=C\C(C)C1CCC23OC24CC(=O)C2=CC(=O)CCC2(C)C4CCC13C.